The first-order valence-electron chi connectivity index (χ1n) is 2.84. The van der Waals surface area contributed by atoms with Crippen molar-refractivity contribution in [2.24, 2.45) is 5.73 Å². The number of nitrogens with two attached hydrogens (primary N) is 1. The second-order valence-corrected chi connectivity index (χ2v) is 3.40. The highest BCUT2D eigenvalue weighted by Gasteiger charge is 2.27. The average molecular weight is 173 g/mol. The molecule has 0 aliphatic rings. The van der Waals surface area contributed by atoms with E-state index in [0.29, 0.717) is 6.54 Å². The summed E-state index contributed by atoms with van der Waals surface area (Å²) in [5, 5.41) is -0.110. The van der Waals surface area contributed by atoms with E-state index in [1.165, 1.54) is 0 Å². The van der Waals surface area contributed by atoms with Gasteiger partial charge in [-0.15, -0.1) is 11.8 Å². The maximum atomic E-state index is 11.5. The van der Waals surface area contributed by atoms with Crippen molar-refractivity contribution in [3.8, 4) is 0 Å². The Balaban J connectivity index is 3.36. The van der Waals surface area contributed by atoms with Crippen LogP contribution in [0.4, 0.5) is 13.2 Å². The van der Waals surface area contributed by atoms with Gasteiger partial charge in [0.25, 0.3) is 0 Å². The standard InChI is InChI=1S/C5H10F3NS/c1-4(2-9)10-3-5(6,7)8/h4H,2-3,9H2,1H3. The van der Waals surface area contributed by atoms with E-state index in [9.17, 15) is 13.2 Å². The van der Waals surface area contributed by atoms with E-state index in [-0.39, 0.29) is 5.25 Å². The van der Waals surface area contributed by atoms with Crippen molar-refractivity contribution in [2.45, 2.75) is 18.3 Å². The van der Waals surface area contributed by atoms with Crippen LogP contribution >= 0.6 is 11.8 Å². The molecule has 0 bridgehead atoms. The molecule has 0 radical (unpaired) electrons. The Labute approximate surface area is 62.2 Å². The van der Waals surface area contributed by atoms with Crippen LogP contribution in [0.1, 0.15) is 6.92 Å². The molecule has 0 saturated carbocycles. The fourth-order valence-corrected chi connectivity index (χ4v) is 0.914. The molecule has 0 aromatic heterocycles. The van der Waals surface area contributed by atoms with Gasteiger partial charge in [0.05, 0.1) is 5.75 Å². The predicted octanol–water partition coefficient (Wildman–Crippen LogP) is 1.63. The molecule has 1 atom stereocenters. The Morgan fingerprint density at radius 3 is 2.30 bits per heavy atom. The zero-order valence-corrected chi connectivity index (χ0v) is 6.43. The molecule has 0 heterocycles. The fourth-order valence-electron chi connectivity index (χ4n) is 0.305. The maximum absolute atomic E-state index is 11.5. The topological polar surface area (TPSA) is 26.0 Å². The fraction of sp³-hybridized carbons (Fsp3) is 1.00. The molecule has 0 rings (SSSR count). The predicted molar refractivity (Wildman–Crippen MR) is 37.0 cm³/mol. The molecule has 0 saturated heterocycles. The van der Waals surface area contributed by atoms with Crippen molar-refractivity contribution >= 4 is 11.8 Å². The molecule has 0 fully saturated rings. The minimum Gasteiger partial charge on any atom is -0.329 e. The molecule has 0 amide bonds. The van der Waals surface area contributed by atoms with Gasteiger partial charge >= 0.3 is 6.18 Å². The van der Waals surface area contributed by atoms with Crippen molar-refractivity contribution in [1.82, 2.24) is 0 Å². The molecule has 0 aromatic carbocycles. The molecule has 10 heavy (non-hydrogen) atoms. The molecular weight excluding hydrogens is 163 g/mol. The van der Waals surface area contributed by atoms with Gasteiger partial charge in [0.1, 0.15) is 0 Å². The van der Waals surface area contributed by atoms with Gasteiger partial charge in [-0.1, -0.05) is 6.92 Å². The third kappa shape index (κ3) is 6.22. The Hall–Kier alpha value is 0.100. The van der Waals surface area contributed by atoms with Crippen molar-refractivity contribution in [3.63, 3.8) is 0 Å². The first-order valence-corrected chi connectivity index (χ1v) is 3.89. The largest absolute Gasteiger partial charge is 0.397 e. The molecule has 0 aromatic rings. The molecule has 0 aliphatic carbocycles. The van der Waals surface area contributed by atoms with E-state index in [0.717, 1.165) is 11.8 Å². The number of alkyl halides is 3. The van der Waals surface area contributed by atoms with Gasteiger partial charge in [-0.05, 0) is 0 Å². The van der Waals surface area contributed by atoms with E-state index in [1.54, 1.807) is 6.92 Å². The van der Waals surface area contributed by atoms with Crippen LogP contribution < -0.4 is 5.73 Å². The highest BCUT2D eigenvalue weighted by molar-refractivity contribution is 7.99. The summed E-state index contributed by atoms with van der Waals surface area (Å²) in [4.78, 5) is 0. The number of hydrogen-bond acceptors (Lipinski definition) is 2. The number of rotatable bonds is 3. The van der Waals surface area contributed by atoms with Crippen LogP contribution in [0.15, 0.2) is 0 Å². The van der Waals surface area contributed by atoms with Gasteiger partial charge in [-0.2, -0.15) is 13.2 Å². The third-order valence-electron chi connectivity index (χ3n) is 0.863. The third-order valence-corrected chi connectivity index (χ3v) is 2.12. The Morgan fingerprint density at radius 2 is 2.00 bits per heavy atom. The van der Waals surface area contributed by atoms with Gasteiger partial charge < -0.3 is 5.73 Å². The summed E-state index contributed by atoms with van der Waals surface area (Å²) in [5.41, 5.74) is 5.11. The van der Waals surface area contributed by atoms with Crippen LogP contribution in [0.25, 0.3) is 0 Å². The monoisotopic (exact) mass is 173 g/mol. The van der Waals surface area contributed by atoms with Crippen LogP contribution in [0.5, 0.6) is 0 Å². The van der Waals surface area contributed by atoms with Gasteiger partial charge in [-0.3, -0.25) is 0 Å². The zero-order valence-electron chi connectivity index (χ0n) is 5.61. The molecule has 0 aliphatic heterocycles. The number of hydrogen-bond donors (Lipinski definition) is 1. The maximum Gasteiger partial charge on any atom is 0.397 e. The molecule has 1 nitrogen and oxygen atoms in total. The first-order chi connectivity index (χ1) is 4.45. The van der Waals surface area contributed by atoms with Gasteiger partial charge in [-0.25, -0.2) is 0 Å². The van der Waals surface area contributed by atoms with Crippen LogP contribution in [-0.2, 0) is 0 Å². The van der Waals surface area contributed by atoms with E-state index in [1.807, 2.05) is 0 Å². The Bertz CT molecular complexity index is 93.4. The van der Waals surface area contributed by atoms with Crippen molar-refractivity contribution in [2.75, 3.05) is 12.3 Å². The summed E-state index contributed by atoms with van der Waals surface area (Å²) in [6, 6.07) is 0. The molecule has 0 spiro atoms. The smallest absolute Gasteiger partial charge is 0.329 e. The lowest BCUT2D eigenvalue weighted by Crippen LogP contribution is -2.18. The summed E-state index contributed by atoms with van der Waals surface area (Å²) >= 11 is 0.833. The van der Waals surface area contributed by atoms with Gasteiger partial charge in [0, 0.05) is 11.8 Å². The van der Waals surface area contributed by atoms with E-state index in [2.05, 4.69) is 0 Å². The Kier molecular flexibility index (Phi) is 4.12. The summed E-state index contributed by atoms with van der Waals surface area (Å²) < 4.78 is 34.5. The van der Waals surface area contributed by atoms with E-state index in [4.69, 9.17) is 5.73 Å². The van der Waals surface area contributed by atoms with Crippen LogP contribution in [0, 0.1) is 0 Å². The van der Waals surface area contributed by atoms with E-state index < -0.39 is 11.9 Å². The SMILES string of the molecule is CC(CN)SCC(F)(F)F. The minimum atomic E-state index is -4.06. The quantitative estimate of drug-likeness (QED) is 0.702. The summed E-state index contributed by atoms with van der Waals surface area (Å²) in [6.07, 6.45) is -4.06. The lowest BCUT2D eigenvalue weighted by molar-refractivity contribution is -0.105. The second kappa shape index (κ2) is 4.08. The molecular formula is C5H10F3NS. The molecule has 62 valence electrons. The Morgan fingerprint density at radius 1 is 1.50 bits per heavy atom. The normalized spacial score (nSPS) is 15.3. The summed E-state index contributed by atoms with van der Waals surface area (Å²) in [5.74, 6) is -0.800. The zero-order chi connectivity index (χ0) is 8.20. The molecule has 5 heteroatoms. The highest BCUT2D eigenvalue weighted by atomic mass is 32.2. The lowest BCUT2D eigenvalue weighted by atomic mass is 10.5. The lowest BCUT2D eigenvalue weighted by Gasteiger charge is -2.09. The summed E-state index contributed by atoms with van der Waals surface area (Å²) in [6.45, 7) is 1.97. The number of thioether (sulfide) groups is 1. The second-order valence-electron chi connectivity index (χ2n) is 1.97. The summed E-state index contributed by atoms with van der Waals surface area (Å²) in [7, 11) is 0. The minimum absolute atomic E-state index is 0.110. The molecule has 1 unspecified atom stereocenters. The average Bonchev–Trinajstić information content (AvgIpc) is 1.81. The van der Waals surface area contributed by atoms with Crippen molar-refractivity contribution < 1.29 is 13.2 Å². The van der Waals surface area contributed by atoms with Crippen LogP contribution in [-0.4, -0.2) is 23.7 Å². The van der Waals surface area contributed by atoms with Crippen LogP contribution in [0.2, 0.25) is 0 Å². The van der Waals surface area contributed by atoms with Gasteiger partial charge in [0.2, 0.25) is 0 Å². The van der Waals surface area contributed by atoms with Crippen molar-refractivity contribution in [1.29, 1.82) is 0 Å². The highest BCUT2D eigenvalue weighted by Crippen LogP contribution is 2.23. The molecule has 2 N–H and O–H groups in total. The van der Waals surface area contributed by atoms with E-state index >= 15 is 0 Å². The van der Waals surface area contributed by atoms with Crippen LogP contribution in [0.3, 0.4) is 0 Å². The number of halogens is 3. The van der Waals surface area contributed by atoms with Gasteiger partial charge in [0.15, 0.2) is 0 Å². The van der Waals surface area contributed by atoms with Crippen molar-refractivity contribution in [3.05, 3.63) is 0 Å². The first kappa shape index (κ1) is 10.1.